The Hall–Kier alpha value is -2.28. The van der Waals surface area contributed by atoms with E-state index in [1.807, 2.05) is 3.28 Å². The molecule has 5 rings (SSSR count). The molecule has 0 radical (unpaired) electrons. The third-order valence-electron chi connectivity index (χ3n) is 7.56. The molecular formula is C33H36SiZr. The van der Waals surface area contributed by atoms with Gasteiger partial charge in [-0.15, -0.1) is 0 Å². The predicted octanol–water partition coefficient (Wildman–Crippen LogP) is 8.76. The van der Waals surface area contributed by atoms with Crippen molar-refractivity contribution < 1.29 is 20.3 Å². The molecule has 0 N–H and O–H groups in total. The zero-order chi connectivity index (χ0) is 24.3. The Morgan fingerprint density at radius 2 is 0.943 bits per heavy atom. The van der Waals surface area contributed by atoms with Gasteiger partial charge >= 0.3 is 218 Å². The van der Waals surface area contributed by atoms with Crippen LogP contribution in [-0.2, 0) is 32.7 Å². The van der Waals surface area contributed by atoms with E-state index in [1.54, 1.807) is 5.56 Å². The number of rotatable bonds is 8. The number of allylic oxidation sites excluding steroid dienone is 1. The molecular weight excluding hydrogens is 516 g/mol. The van der Waals surface area contributed by atoms with Crippen molar-refractivity contribution >= 4 is 14.1 Å². The van der Waals surface area contributed by atoms with Crippen molar-refractivity contribution in [3.05, 3.63) is 146 Å². The van der Waals surface area contributed by atoms with Crippen LogP contribution in [0.3, 0.4) is 0 Å². The first-order valence-corrected chi connectivity index (χ1v) is 22.9. The first-order chi connectivity index (χ1) is 16.9. The SMILES string of the molecule is C[Si](C)(C)C1[C]([Zr]([CH2]c2ccccc2)([CH2]c2ccccc2)[CH2]c2ccccc2)=Cc2ccccc21. The van der Waals surface area contributed by atoms with Gasteiger partial charge in [0.2, 0.25) is 0 Å². The van der Waals surface area contributed by atoms with Crippen LogP contribution in [-0.4, -0.2) is 8.07 Å². The number of hydrogen-bond donors (Lipinski definition) is 0. The van der Waals surface area contributed by atoms with Crippen LogP contribution in [0, 0.1) is 0 Å². The molecule has 0 amide bonds. The summed E-state index contributed by atoms with van der Waals surface area (Å²) < 4.78 is 5.61. The molecule has 4 aromatic rings. The van der Waals surface area contributed by atoms with Crippen LogP contribution in [0.4, 0.5) is 0 Å². The van der Waals surface area contributed by atoms with E-state index >= 15 is 0 Å². The summed E-state index contributed by atoms with van der Waals surface area (Å²) in [4.78, 5) is 0. The molecule has 1 atom stereocenters. The molecule has 0 saturated carbocycles. The average molecular weight is 552 g/mol. The summed E-state index contributed by atoms with van der Waals surface area (Å²) in [6.45, 7) is 7.74. The molecule has 0 nitrogen and oxygen atoms in total. The fourth-order valence-electron chi connectivity index (χ4n) is 6.17. The number of fused-ring (bicyclic) bond motifs is 1. The Bertz CT molecular complexity index is 1190. The van der Waals surface area contributed by atoms with Gasteiger partial charge in [0.25, 0.3) is 0 Å². The van der Waals surface area contributed by atoms with E-state index < -0.39 is 28.3 Å². The van der Waals surface area contributed by atoms with Crippen molar-refractivity contribution in [1.82, 2.24) is 0 Å². The standard InChI is InChI=1S/C12H15Si.3C7H7.Zr/c1-13(2,3)12-9-8-10-6-4-5-7-11(10)12;3*1-7-5-3-2-4-6-7;/h4-8,12H,1-3H3;3*2-6H,1H2;. The van der Waals surface area contributed by atoms with E-state index in [4.69, 9.17) is 0 Å². The van der Waals surface area contributed by atoms with Crippen LogP contribution < -0.4 is 0 Å². The van der Waals surface area contributed by atoms with E-state index in [2.05, 4.69) is 141 Å². The molecule has 0 aliphatic heterocycles. The second-order valence-electron chi connectivity index (χ2n) is 11.3. The molecule has 4 aromatic carbocycles. The van der Waals surface area contributed by atoms with Gasteiger partial charge in [-0.2, -0.15) is 0 Å². The zero-order valence-electron chi connectivity index (χ0n) is 21.2. The van der Waals surface area contributed by atoms with Gasteiger partial charge in [-0.05, 0) is 0 Å². The van der Waals surface area contributed by atoms with Crippen molar-refractivity contribution in [2.75, 3.05) is 0 Å². The fourth-order valence-corrected chi connectivity index (χ4v) is 26.3. The van der Waals surface area contributed by atoms with E-state index in [0.717, 1.165) is 0 Å². The molecule has 0 fully saturated rings. The van der Waals surface area contributed by atoms with Gasteiger partial charge in [0.05, 0.1) is 0 Å². The summed E-state index contributed by atoms with van der Waals surface area (Å²) in [7, 11) is -1.52. The van der Waals surface area contributed by atoms with Gasteiger partial charge in [-0.3, -0.25) is 0 Å². The van der Waals surface area contributed by atoms with Crippen molar-refractivity contribution in [2.45, 2.75) is 37.6 Å². The summed E-state index contributed by atoms with van der Waals surface area (Å²) in [6, 6.07) is 43.3. The fraction of sp³-hybridized carbons (Fsp3) is 0.212. The molecule has 0 spiro atoms. The summed E-state index contributed by atoms with van der Waals surface area (Å²) in [6.07, 6.45) is 2.67. The van der Waals surface area contributed by atoms with Crippen molar-refractivity contribution in [3.63, 3.8) is 0 Å². The van der Waals surface area contributed by atoms with Gasteiger partial charge in [-0.25, -0.2) is 0 Å². The van der Waals surface area contributed by atoms with Crippen LogP contribution >= 0.6 is 0 Å². The summed E-state index contributed by atoms with van der Waals surface area (Å²) in [5.41, 5.74) is 8.23. The van der Waals surface area contributed by atoms with E-state index in [1.165, 1.54) is 34.6 Å². The minimum absolute atomic E-state index is 0.616. The van der Waals surface area contributed by atoms with Crippen LogP contribution in [0.2, 0.25) is 19.6 Å². The van der Waals surface area contributed by atoms with Crippen molar-refractivity contribution in [2.24, 2.45) is 0 Å². The van der Waals surface area contributed by atoms with Crippen LogP contribution in [0.5, 0.6) is 0 Å². The molecule has 176 valence electrons. The number of benzene rings is 4. The Balaban J connectivity index is 1.72. The van der Waals surface area contributed by atoms with Gasteiger partial charge in [-0.1, -0.05) is 0 Å². The molecule has 0 aromatic heterocycles. The Labute approximate surface area is 217 Å². The maximum atomic E-state index is 2.67. The quantitative estimate of drug-likeness (QED) is 0.192. The molecule has 2 heteroatoms. The van der Waals surface area contributed by atoms with Gasteiger partial charge in [0.1, 0.15) is 0 Å². The molecule has 1 aliphatic rings. The van der Waals surface area contributed by atoms with Crippen LogP contribution in [0.15, 0.2) is 119 Å². The molecule has 1 aliphatic carbocycles. The van der Waals surface area contributed by atoms with Crippen LogP contribution in [0.1, 0.15) is 33.4 Å². The third kappa shape index (κ3) is 5.45. The summed E-state index contributed by atoms with van der Waals surface area (Å²) in [5.74, 6) is 0. The first kappa shape index (κ1) is 24.4. The average Bonchev–Trinajstić information content (AvgIpc) is 3.27. The Morgan fingerprint density at radius 3 is 1.37 bits per heavy atom. The van der Waals surface area contributed by atoms with Crippen molar-refractivity contribution in [1.29, 1.82) is 0 Å². The van der Waals surface area contributed by atoms with Gasteiger partial charge in [0.15, 0.2) is 0 Å². The first-order valence-electron chi connectivity index (χ1n) is 12.9. The molecule has 35 heavy (non-hydrogen) atoms. The van der Waals surface area contributed by atoms with E-state index in [-0.39, 0.29) is 0 Å². The second-order valence-corrected chi connectivity index (χ2v) is 26.9. The van der Waals surface area contributed by atoms with E-state index in [9.17, 15) is 0 Å². The van der Waals surface area contributed by atoms with Crippen LogP contribution in [0.25, 0.3) is 6.08 Å². The Kier molecular flexibility index (Phi) is 7.24. The molecule has 0 heterocycles. The predicted molar refractivity (Wildman–Crippen MR) is 151 cm³/mol. The normalized spacial score (nSPS) is 15.5. The van der Waals surface area contributed by atoms with Gasteiger partial charge < -0.3 is 0 Å². The third-order valence-corrected chi connectivity index (χ3v) is 22.7. The van der Waals surface area contributed by atoms with Crippen molar-refractivity contribution in [3.8, 4) is 0 Å². The Morgan fingerprint density at radius 1 is 0.543 bits per heavy atom. The number of hydrogen-bond acceptors (Lipinski definition) is 0. The monoisotopic (exact) mass is 550 g/mol. The topological polar surface area (TPSA) is 0 Å². The zero-order valence-corrected chi connectivity index (χ0v) is 24.7. The molecule has 0 saturated heterocycles. The summed E-state index contributed by atoms with van der Waals surface area (Å²) in [5, 5.41) is 0. The summed E-state index contributed by atoms with van der Waals surface area (Å²) >= 11 is -3.11. The minimum atomic E-state index is -3.11. The molecule has 1 unspecified atom stereocenters. The van der Waals surface area contributed by atoms with E-state index in [0.29, 0.717) is 5.54 Å². The molecule has 0 bridgehead atoms. The maximum absolute atomic E-state index is 3.11. The second kappa shape index (κ2) is 10.4. The van der Waals surface area contributed by atoms with Gasteiger partial charge in [0, 0.05) is 0 Å².